The van der Waals surface area contributed by atoms with Gasteiger partial charge in [0.25, 0.3) is 0 Å². The molecule has 0 spiro atoms. The first-order valence-corrected chi connectivity index (χ1v) is 7.36. The number of nitrogens with zero attached hydrogens (tertiary/aromatic N) is 1. The summed E-state index contributed by atoms with van der Waals surface area (Å²) < 4.78 is 24.7. The Morgan fingerprint density at radius 3 is 2.90 bits per heavy atom. The van der Waals surface area contributed by atoms with Crippen molar-refractivity contribution in [3.63, 3.8) is 0 Å². The van der Waals surface area contributed by atoms with Gasteiger partial charge in [-0.3, -0.25) is 4.90 Å². The van der Waals surface area contributed by atoms with Gasteiger partial charge in [-0.05, 0) is 32.4 Å². The minimum Gasteiger partial charge on any atom is -0.496 e. The molecule has 0 amide bonds. The van der Waals surface area contributed by atoms with E-state index in [0.29, 0.717) is 24.3 Å². The lowest BCUT2D eigenvalue weighted by molar-refractivity contribution is -0.0518. The second-order valence-corrected chi connectivity index (χ2v) is 6.10. The molecule has 2 rings (SSSR count). The molecule has 1 aromatic carbocycles. The highest BCUT2D eigenvalue weighted by Gasteiger charge is 2.30. The summed E-state index contributed by atoms with van der Waals surface area (Å²) in [6.07, 6.45) is 0.681. The fourth-order valence-corrected chi connectivity index (χ4v) is 2.80. The van der Waals surface area contributed by atoms with E-state index in [1.807, 2.05) is 0 Å². The third-order valence-corrected chi connectivity index (χ3v) is 4.13. The second-order valence-electron chi connectivity index (χ2n) is 6.10. The Kier molecular flexibility index (Phi) is 5.19. The largest absolute Gasteiger partial charge is 0.496 e. The van der Waals surface area contributed by atoms with Gasteiger partial charge < -0.3 is 15.2 Å². The van der Waals surface area contributed by atoms with Gasteiger partial charge in [0.2, 0.25) is 0 Å². The number of benzene rings is 1. The quantitative estimate of drug-likeness (QED) is 0.906. The van der Waals surface area contributed by atoms with Crippen molar-refractivity contribution in [3.8, 4) is 5.75 Å². The van der Waals surface area contributed by atoms with Crippen LogP contribution in [0.4, 0.5) is 4.39 Å². The van der Waals surface area contributed by atoms with Crippen LogP contribution < -0.4 is 10.5 Å². The van der Waals surface area contributed by atoms with Crippen LogP contribution in [0.25, 0.3) is 0 Å². The van der Waals surface area contributed by atoms with Crippen molar-refractivity contribution in [1.29, 1.82) is 0 Å². The average Bonchev–Trinajstić information content (AvgIpc) is 2.45. The third-order valence-electron chi connectivity index (χ3n) is 4.13. The third kappa shape index (κ3) is 3.73. The van der Waals surface area contributed by atoms with Crippen molar-refractivity contribution in [2.75, 3.05) is 33.4 Å². The Balaban J connectivity index is 2.03. The molecule has 4 nitrogen and oxygen atoms in total. The van der Waals surface area contributed by atoms with E-state index in [9.17, 15) is 4.39 Å². The first-order chi connectivity index (χ1) is 9.95. The molecule has 0 saturated carbocycles. The Morgan fingerprint density at radius 1 is 1.48 bits per heavy atom. The number of hydrogen-bond acceptors (Lipinski definition) is 4. The van der Waals surface area contributed by atoms with Crippen LogP contribution in [0.15, 0.2) is 18.2 Å². The zero-order valence-electron chi connectivity index (χ0n) is 13.1. The molecular weight excluding hydrogens is 271 g/mol. The zero-order chi connectivity index (χ0) is 15.5. The van der Waals surface area contributed by atoms with Crippen molar-refractivity contribution in [3.05, 3.63) is 29.6 Å². The van der Waals surface area contributed by atoms with Gasteiger partial charge in [-0.2, -0.15) is 0 Å². The Bertz CT molecular complexity index is 479. The standard InChI is InChI=1S/C16H25FN2O2/c1-16(2)11-21-10-9-19(16)8-7-13(18)15-12(17)5-4-6-14(15)20-3/h4-6,13H,7-11,18H2,1-3H3. The molecule has 1 aliphatic heterocycles. The molecule has 21 heavy (non-hydrogen) atoms. The predicted molar refractivity (Wildman–Crippen MR) is 81.0 cm³/mol. The molecule has 1 saturated heterocycles. The smallest absolute Gasteiger partial charge is 0.131 e. The maximum atomic E-state index is 14.0. The number of ether oxygens (including phenoxy) is 2. The highest BCUT2D eigenvalue weighted by atomic mass is 19.1. The van der Waals surface area contributed by atoms with E-state index in [1.54, 1.807) is 12.1 Å². The number of hydrogen-bond donors (Lipinski definition) is 1. The Hall–Kier alpha value is -1.17. The molecular formula is C16H25FN2O2. The monoisotopic (exact) mass is 296 g/mol. The summed E-state index contributed by atoms with van der Waals surface area (Å²) in [4.78, 5) is 2.35. The normalized spacial score (nSPS) is 20.2. The zero-order valence-corrected chi connectivity index (χ0v) is 13.1. The van der Waals surface area contributed by atoms with Gasteiger partial charge in [0, 0.05) is 30.2 Å². The molecule has 0 radical (unpaired) electrons. The molecule has 0 bridgehead atoms. The van der Waals surface area contributed by atoms with E-state index in [1.165, 1.54) is 13.2 Å². The lowest BCUT2D eigenvalue weighted by Crippen LogP contribution is -2.53. The van der Waals surface area contributed by atoms with Gasteiger partial charge in [-0.1, -0.05) is 6.07 Å². The Labute approximate surface area is 126 Å². The van der Waals surface area contributed by atoms with Crippen LogP contribution >= 0.6 is 0 Å². The molecule has 0 aliphatic carbocycles. The van der Waals surface area contributed by atoms with Gasteiger partial charge in [0.15, 0.2) is 0 Å². The lowest BCUT2D eigenvalue weighted by atomic mass is 9.99. The summed E-state index contributed by atoms with van der Waals surface area (Å²) in [5.74, 6) is 0.215. The van der Waals surface area contributed by atoms with Gasteiger partial charge >= 0.3 is 0 Å². The van der Waals surface area contributed by atoms with Crippen LogP contribution in [0, 0.1) is 5.82 Å². The number of halogens is 1. The fraction of sp³-hybridized carbons (Fsp3) is 0.625. The number of morpholine rings is 1. The van der Waals surface area contributed by atoms with Crippen LogP contribution in [0.5, 0.6) is 5.75 Å². The Morgan fingerprint density at radius 2 is 2.24 bits per heavy atom. The molecule has 5 heteroatoms. The summed E-state index contributed by atoms with van der Waals surface area (Å²) in [6.45, 7) is 7.46. The molecule has 1 atom stereocenters. The summed E-state index contributed by atoms with van der Waals surface area (Å²) in [6, 6.07) is 4.43. The minimum atomic E-state index is -0.375. The summed E-state index contributed by atoms with van der Waals surface area (Å²) in [7, 11) is 1.54. The molecule has 0 aromatic heterocycles. The van der Waals surface area contributed by atoms with Crippen LogP contribution in [0.1, 0.15) is 31.9 Å². The average molecular weight is 296 g/mol. The van der Waals surface area contributed by atoms with E-state index >= 15 is 0 Å². The minimum absolute atomic E-state index is 0.00269. The molecule has 2 N–H and O–H groups in total. The number of rotatable bonds is 5. The van der Waals surface area contributed by atoms with Gasteiger partial charge in [0.1, 0.15) is 11.6 Å². The molecule has 1 aliphatic rings. The summed E-state index contributed by atoms with van der Waals surface area (Å²) in [5.41, 5.74) is 6.66. The molecule has 1 aromatic rings. The van der Waals surface area contributed by atoms with Crippen LogP contribution in [-0.4, -0.2) is 43.9 Å². The summed E-state index contributed by atoms with van der Waals surface area (Å²) >= 11 is 0. The van der Waals surface area contributed by atoms with Gasteiger partial charge in [-0.25, -0.2) is 4.39 Å². The number of nitrogens with two attached hydrogens (primary N) is 1. The van der Waals surface area contributed by atoms with Crippen molar-refractivity contribution in [1.82, 2.24) is 4.90 Å². The maximum absolute atomic E-state index is 14.0. The van der Waals surface area contributed by atoms with Crippen molar-refractivity contribution in [2.24, 2.45) is 5.73 Å². The van der Waals surface area contributed by atoms with Crippen molar-refractivity contribution < 1.29 is 13.9 Å². The molecule has 118 valence electrons. The second kappa shape index (κ2) is 6.73. The van der Waals surface area contributed by atoms with Gasteiger partial charge in [0.05, 0.1) is 20.3 Å². The predicted octanol–water partition coefficient (Wildman–Crippen LogP) is 2.33. The van der Waals surface area contributed by atoms with Crippen molar-refractivity contribution >= 4 is 0 Å². The topological polar surface area (TPSA) is 47.7 Å². The SMILES string of the molecule is COc1cccc(F)c1C(N)CCN1CCOCC1(C)C. The van der Waals surface area contributed by atoms with Crippen molar-refractivity contribution in [2.45, 2.75) is 31.8 Å². The first-order valence-electron chi connectivity index (χ1n) is 7.36. The lowest BCUT2D eigenvalue weighted by Gasteiger charge is -2.42. The number of methoxy groups -OCH3 is 1. The van der Waals surface area contributed by atoms with Crippen LogP contribution in [0.2, 0.25) is 0 Å². The molecule has 1 unspecified atom stereocenters. The van der Waals surface area contributed by atoms with E-state index in [2.05, 4.69) is 18.7 Å². The van der Waals surface area contributed by atoms with E-state index in [-0.39, 0.29) is 17.4 Å². The van der Waals surface area contributed by atoms with E-state index < -0.39 is 0 Å². The first kappa shape index (κ1) is 16.2. The van der Waals surface area contributed by atoms with Crippen LogP contribution in [0.3, 0.4) is 0 Å². The van der Waals surface area contributed by atoms with E-state index in [0.717, 1.165) is 19.7 Å². The highest BCUT2D eigenvalue weighted by molar-refractivity contribution is 5.37. The highest BCUT2D eigenvalue weighted by Crippen LogP contribution is 2.29. The van der Waals surface area contributed by atoms with Gasteiger partial charge in [-0.15, -0.1) is 0 Å². The van der Waals surface area contributed by atoms with Crippen LogP contribution in [-0.2, 0) is 4.74 Å². The fourth-order valence-electron chi connectivity index (χ4n) is 2.80. The molecule has 1 fully saturated rings. The molecule has 1 heterocycles. The van der Waals surface area contributed by atoms with E-state index in [4.69, 9.17) is 15.2 Å². The maximum Gasteiger partial charge on any atom is 0.131 e. The summed E-state index contributed by atoms with van der Waals surface area (Å²) in [5, 5.41) is 0.